The summed E-state index contributed by atoms with van der Waals surface area (Å²) in [6, 6.07) is 1.20. The maximum Gasteiger partial charge on any atom is 0.339 e. The molecule has 1 aromatic rings. The van der Waals surface area contributed by atoms with Crippen LogP contribution in [0.1, 0.15) is 43.5 Å². The van der Waals surface area contributed by atoms with Crippen molar-refractivity contribution in [2.24, 2.45) is 11.8 Å². The van der Waals surface area contributed by atoms with Gasteiger partial charge in [0.25, 0.3) is 5.69 Å². The Balaban J connectivity index is 2.19. The first-order valence-electron chi connectivity index (χ1n) is 7.02. The number of rotatable bonds is 4. The average Bonchev–Trinajstić information content (AvgIpc) is 2.43. The van der Waals surface area contributed by atoms with E-state index in [-0.39, 0.29) is 23.1 Å². The summed E-state index contributed by atoms with van der Waals surface area (Å²) in [5, 5.41) is 23.0. The van der Waals surface area contributed by atoms with Gasteiger partial charge in [-0.25, -0.2) is 9.78 Å². The van der Waals surface area contributed by atoms with Gasteiger partial charge in [-0.15, -0.1) is 0 Å². The van der Waals surface area contributed by atoms with Crippen LogP contribution in [-0.4, -0.2) is 27.0 Å². The van der Waals surface area contributed by atoms with Crippen molar-refractivity contribution in [1.82, 2.24) is 4.98 Å². The highest BCUT2D eigenvalue weighted by Gasteiger charge is 2.26. The van der Waals surface area contributed by atoms with Crippen molar-refractivity contribution in [2.75, 3.05) is 5.32 Å². The Hall–Kier alpha value is -2.18. The van der Waals surface area contributed by atoms with Crippen LogP contribution in [0.15, 0.2) is 12.3 Å². The van der Waals surface area contributed by atoms with Crippen molar-refractivity contribution in [3.05, 3.63) is 27.9 Å². The first kappa shape index (κ1) is 15.2. The van der Waals surface area contributed by atoms with Gasteiger partial charge in [0.05, 0.1) is 4.92 Å². The molecule has 3 unspecified atom stereocenters. The van der Waals surface area contributed by atoms with E-state index < -0.39 is 10.9 Å². The molecule has 2 N–H and O–H groups in total. The summed E-state index contributed by atoms with van der Waals surface area (Å²) in [6.07, 6.45) is 4.06. The van der Waals surface area contributed by atoms with Crippen molar-refractivity contribution in [3.63, 3.8) is 0 Å². The first-order chi connectivity index (χ1) is 9.88. The SMILES string of the molecule is CC1CCC(Nc2ncc([N+](=O)[O-])cc2C(=O)O)CC1C. The molecule has 3 atom stereocenters. The Morgan fingerprint density at radius 1 is 1.43 bits per heavy atom. The highest BCUT2D eigenvalue weighted by Crippen LogP contribution is 2.31. The quantitative estimate of drug-likeness (QED) is 0.653. The molecule has 0 bridgehead atoms. The third-order valence-electron chi connectivity index (χ3n) is 4.25. The molecule has 114 valence electrons. The Labute approximate surface area is 122 Å². The average molecular weight is 293 g/mol. The second-order valence-corrected chi connectivity index (χ2v) is 5.76. The van der Waals surface area contributed by atoms with Crippen LogP contribution in [-0.2, 0) is 0 Å². The van der Waals surface area contributed by atoms with Crippen LogP contribution in [0.3, 0.4) is 0 Å². The summed E-state index contributed by atoms with van der Waals surface area (Å²) in [4.78, 5) is 25.2. The minimum atomic E-state index is -1.22. The van der Waals surface area contributed by atoms with E-state index in [4.69, 9.17) is 0 Å². The van der Waals surface area contributed by atoms with E-state index in [1.807, 2.05) is 0 Å². The predicted molar refractivity (Wildman–Crippen MR) is 77.4 cm³/mol. The van der Waals surface area contributed by atoms with E-state index in [9.17, 15) is 20.0 Å². The van der Waals surface area contributed by atoms with Gasteiger partial charge in [-0.3, -0.25) is 10.1 Å². The second-order valence-electron chi connectivity index (χ2n) is 5.76. The minimum absolute atomic E-state index is 0.156. The molecule has 0 aromatic carbocycles. The second kappa shape index (κ2) is 6.07. The summed E-state index contributed by atoms with van der Waals surface area (Å²) in [7, 11) is 0. The van der Waals surface area contributed by atoms with Crippen molar-refractivity contribution in [3.8, 4) is 0 Å². The lowest BCUT2D eigenvalue weighted by Crippen LogP contribution is -2.31. The molecule has 0 aliphatic heterocycles. The zero-order chi connectivity index (χ0) is 15.6. The van der Waals surface area contributed by atoms with Crippen molar-refractivity contribution in [1.29, 1.82) is 0 Å². The van der Waals surface area contributed by atoms with Crippen LogP contribution in [0.25, 0.3) is 0 Å². The van der Waals surface area contributed by atoms with Crippen molar-refractivity contribution in [2.45, 2.75) is 39.2 Å². The number of aromatic carboxylic acids is 1. The number of anilines is 1. The molecule has 1 saturated carbocycles. The lowest BCUT2D eigenvalue weighted by Gasteiger charge is -2.33. The molecule has 7 nitrogen and oxygen atoms in total. The summed E-state index contributed by atoms with van der Waals surface area (Å²) in [5.41, 5.74) is -0.473. The fourth-order valence-electron chi connectivity index (χ4n) is 2.70. The zero-order valence-corrected chi connectivity index (χ0v) is 12.1. The Bertz CT molecular complexity index is 561. The Kier molecular flexibility index (Phi) is 4.40. The lowest BCUT2D eigenvalue weighted by molar-refractivity contribution is -0.385. The Morgan fingerprint density at radius 2 is 2.14 bits per heavy atom. The maximum absolute atomic E-state index is 11.3. The third-order valence-corrected chi connectivity index (χ3v) is 4.25. The molecule has 2 rings (SSSR count). The highest BCUT2D eigenvalue weighted by atomic mass is 16.6. The van der Waals surface area contributed by atoms with Gasteiger partial charge in [0.2, 0.25) is 0 Å². The summed E-state index contributed by atoms with van der Waals surface area (Å²) >= 11 is 0. The summed E-state index contributed by atoms with van der Waals surface area (Å²) in [6.45, 7) is 4.40. The molecule has 1 aliphatic rings. The van der Waals surface area contributed by atoms with Crippen LogP contribution in [0.2, 0.25) is 0 Å². The van der Waals surface area contributed by atoms with Crippen molar-refractivity contribution < 1.29 is 14.8 Å². The van der Waals surface area contributed by atoms with E-state index >= 15 is 0 Å². The van der Waals surface area contributed by atoms with E-state index in [1.165, 1.54) is 0 Å². The number of carboxylic acid groups (broad SMARTS) is 1. The number of carboxylic acids is 1. The van der Waals surface area contributed by atoms with Gasteiger partial charge in [0.15, 0.2) is 0 Å². The fraction of sp³-hybridized carbons (Fsp3) is 0.571. The molecule has 1 heterocycles. The first-order valence-corrected chi connectivity index (χ1v) is 7.02. The molecule has 0 radical (unpaired) electrons. The highest BCUT2D eigenvalue weighted by molar-refractivity contribution is 5.93. The molecule has 21 heavy (non-hydrogen) atoms. The zero-order valence-electron chi connectivity index (χ0n) is 12.1. The summed E-state index contributed by atoms with van der Waals surface area (Å²) < 4.78 is 0. The van der Waals surface area contributed by atoms with Crippen LogP contribution in [0.5, 0.6) is 0 Å². The van der Waals surface area contributed by atoms with Crippen LogP contribution < -0.4 is 5.32 Å². The van der Waals surface area contributed by atoms with E-state index in [0.717, 1.165) is 31.5 Å². The van der Waals surface area contributed by atoms with Crippen molar-refractivity contribution >= 4 is 17.5 Å². The van der Waals surface area contributed by atoms with E-state index in [2.05, 4.69) is 24.1 Å². The molecular formula is C14H19N3O4. The number of nitrogens with zero attached hydrogens (tertiary/aromatic N) is 2. The van der Waals surface area contributed by atoms with E-state index in [1.54, 1.807) is 0 Å². The van der Waals surface area contributed by atoms with Gasteiger partial charge < -0.3 is 10.4 Å². The number of carbonyl (C=O) groups is 1. The Morgan fingerprint density at radius 3 is 2.71 bits per heavy atom. The molecule has 1 aromatic heterocycles. The van der Waals surface area contributed by atoms with Crippen LogP contribution in [0.4, 0.5) is 11.5 Å². The largest absolute Gasteiger partial charge is 0.478 e. The van der Waals surface area contributed by atoms with Crippen LogP contribution in [0, 0.1) is 22.0 Å². The smallest absolute Gasteiger partial charge is 0.339 e. The number of nitro groups is 1. The topological polar surface area (TPSA) is 105 Å². The molecule has 0 saturated heterocycles. The van der Waals surface area contributed by atoms with Gasteiger partial charge in [0, 0.05) is 12.1 Å². The summed E-state index contributed by atoms with van der Waals surface area (Å²) in [5.74, 6) is 0.208. The molecular weight excluding hydrogens is 274 g/mol. The third kappa shape index (κ3) is 3.48. The van der Waals surface area contributed by atoms with Gasteiger partial charge in [0.1, 0.15) is 17.6 Å². The standard InChI is InChI=1S/C14H19N3O4/c1-8-3-4-10(5-9(8)2)16-13-12(14(18)19)6-11(7-15-13)17(20)21/h6-10H,3-5H2,1-2H3,(H,15,16)(H,18,19). The van der Waals surface area contributed by atoms with Gasteiger partial charge in [-0.1, -0.05) is 13.8 Å². The minimum Gasteiger partial charge on any atom is -0.478 e. The lowest BCUT2D eigenvalue weighted by atomic mass is 9.79. The van der Waals surface area contributed by atoms with Gasteiger partial charge >= 0.3 is 5.97 Å². The predicted octanol–water partition coefficient (Wildman–Crippen LogP) is 2.92. The van der Waals surface area contributed by atoms with Crippen LogP contribution >= 0.6 is 0 Å². The molecule has 1 aliphatic carbocycles. The number of pyridine rings is 1. The number of aromatic nitrogens is 1. The fourth-order valence-corrected chi connectivity index (χ4v) is 2.70. The molecule has 0 spiro atoms. The number of hydrogen-bond donors (Lipinski definition) is 2. The van der Waals surface area contributed by atoms with E-state index in [0.29, 0.717) is 11.8 Å². The monoisotopic (exact) mass is 293 g/mol. The molecule has 0 amide bonds. The van der Waals surface area contributed by atoms with Gasteiger partial charge in [-0.05, 0) is 31.1 Å². The van der Waals surface area contributed by atoms with Gasteiger partial charge in [-0.2, -0.15) is 0 Å². The number of hydrogen-bond acceptors (Lipinski definition) is 5. The molecule has 1 fully saturated rings. The number of nitrogens with one attached hydrogen (secondary N) is 1. The normalized spacial score (nSPS) is 25.3. The molecule has 7 heteroatoms. The maximum atomic E-state index is 11.3.